The number of piperazine rings is 1. The summed E-state index contributed by atoms with van der Waals surface area (Å²) in [7, 11) is 2.17. The fourth-order valence-corrected chi connectivity index (χ4v) is 4.11. The molecule has 2 aromatic carbocycles. The van der Waals surface area contributed by atoms with Gasteiger partial charge in [-0.05, 0) is 75.0 Å². The van der Waals surface area contributed by atoms with Crippen molar-refractivity contribution in [3.8, 4) is 11.4 Å². The fourth-order valence-electron chi connectivity index (χ4n) is 4.11. The van der Waals surface area contributed by atoms with Crippen LogP contribution >= 0.6 is 0 Å². The summed E-state index contributed by atoms with van der Waals surface area (Å²) < 4.78 is 0. The Kier molecular flexibility index (Phi) is 5.19. The first-order chi connectivity index (χ1) is 15.5. The number of anilines is 1. The molecule has 1 aliphatic rings. The van der Waals surface area contributed by atoms with E-state index < -0.39 is 0 Å². The smallest absolute Gasteiger partial charge is 0.138 e. The van der Waals surface area contributed by atoms with Gasteiger partial charge in [0.25, 0.3) is 0 Å². The van der Waals surface area contributed by atoms with E-state index in [-0.39, 0.29) is 5.76 Å². The first kappa shape index (κ1) is 20.3. The second-order valence-corrected chi connectivity index (χ2v) is 8.44. The highest BCUT2D eigenvalue weighted by molar-refractivity contribution is 5.86. The van der Waals surface area contributed by atoms with Gasteiger partial charge in [-0.3, -0.25) is 0 Å². The van der Waals surface area contributed by atoms with E-state index in [4.69, 9.17) is 4.98 Å². The highest BCUT2D eigenvalue weighted by Crippen LogP contribution is 2.27. The van der Waals surface area contributed by atoms with Gasteiger partial charge in [0.2, 0.25) is 0 Å². The monoisotopic (exact) mass is 428 g/mol. The summed E-state index contributed by atoms with van der Waals surface area (Å²) in [6.45, 7) is 7.98. The minimum atomic E-state index is 0.224. The summed E-state index contributed by atoms with van der Waals surface area (Å²) in [6.07, 6.45) is 3.36. The molecular weight excluding hydrogens is 400 g/mol. The molecule has 0 amide bonds. The number of aromatic amines is 2. The van der Waals surface area contributed by atoms with Crippen molar-refractivity contribution < 1.29 is 5.11 Å². The lowest BCUT2D eigenvalue weighted by Gasteiger charge is -2.34. The van der Waals surface area contributed by atoms with E-state index in [1.165, 1.54) is 5.69 Å². The molecule has 0 atom stereocenters. The SMILES string of the molecule is C/C=C(O)\C=C(/C)c1nc2ccc(-c3nc4ccc(N5CCN(C)CC5)cc4[nH]3)cc2[nH]1. The number of nitrogens with one attached hydrogen (secondary N) is 2. The maximum absolute atomic E-state index is 9.77. The molecule has 32 heavy (non-hydrogen) atoms. The number of allylic oxidation sites excluding steroid dienone is 3. The third-order valence-corrected chi connectivity index (χ3v) is 6.12. The molecule has 7 heteroatoms. The molecule has 4 aromatic rings. The Labute approximate surface area is 187 Å². The van der Waals surface area contributed by atoms with E-state index >= 15 is 0 Å². The van der Waals surface area contributed by atoms with Crippen molar-refractivity contribution in [1.29, 1.82) is 0 Å². The Hall–Kier alpha value is -3.58. The van der Waals surface area contributed by atoms with Crippen molar-refractivity contribution in [2.75, 3.05) is 38.1 Å². The molecule has 0 spiro atoms. The summed E-state index contributed by atoms with van der Waals surface area (Å²) in [6, 6.07) is 12.6. The van der Waals surface area contributed by atoms with E-state index in [1.54, 1.807) is 19.1 Å². The third kappa shape index (κ3) is 3.87. The number of H-pyrrole nitrogens is 2. The molecule has 3 heterocycles. The van der Waals surface area contributed by atoms with Crippen LogP contribution in [-0.4, -0.2) is 63.2 Å². The predicted octanol–water partition coefficient (Wildman–Crippen LogP) is 4.72. The highest BCUT2D eigenvalue weighted by Gasteiger charge is 2.16. The molecule has 1 aliphatic heterocycles. The van der Waals surface area contributed by atoms with Crippen LogP contribution < -0.4 is 4.90 Å². The zero-order valence-corrected chi connectivity index (χ0v) is 18.7. The van der Waals surface area contributed by atoms with Gasteiger partial charge in [-0.15, -0.1) is 0 Å². The van der Waals surface area contributed by atoms with Gasteiger partial charge in [-0.1, -0.05) is 0 Å². The van der Waals surface area contributed by atoms with Crippen LogP contribution in [0.4, 0.5) is 5.69 Å². The number of aliphatic hydroxyl groups excluding tert-OH is 1. The van der Waals surface area contributed by atoms with Gasteiger partial charge in [-0.25, -0.2) is 9.97 Å². The van der Waals surface area contributed by atoms with Crippen LogP contribution in [0, 0.1) is 0 Å². The van der Waals surface area contributed by atoms with Crippen molar-refractivity contribution in [1.82, 2.24) is 24.8 Å². The molecule has 5 rings (SSSR count). The fraction of sp³-hybridized carbons (Fsp3) is 0.280. The summed E-state index contributed by atoms with van der Waals surface area (Å²) in [5, 5.41) is 9.77. The number of nitrogens with zero attached hydrogens (tertiary/aromatic N) is 4. The molecule has 2 aromatic heterocycles. The standard InChI is InChI=1S/C25H28N6O/c1-4-19(32)13-16(2)24-26-20-7-5-17(14-22(20)28-24)25-27-21-8-6-18(15-23(21)29-25)31-11-9-30(3)10-12-31/h4-8,13-15,32H,9-12H2,1-3H3,(H,26,28)(H,27,29)/b16-13+,19-4+. The third-order valence-electron chi connectivity index (χ3n) is 6.12. The molecule has 7 nitrogen and oxygen atoms in total. The molecule has 0 radical (unpaired) electrons. The van der Waals surface area contributed by atoms with Crippen molar-refractivity contribution >= 4 is 33.3 Å². The second-order valence-electron chi connectivity index (χ2n) is 8.44. The molecule has 164 valence electrons. The van der Waals surface area contributed by atoms with Crippen molar-refractivity contribution in [2.45, 2.75) is 13.8 Å². The van der Waals surface area contributed by atoms with Crippen LogP contribution in [0.3, 0.4) is 0 Å². The Balaban J connectivity index is 1.45. The number of hydrogen-bond donors (Lipinski definition) is 3. The van der Waals surface area contributed by atoms with E-state index in [1.807, 2.05) is 19.1 Å². The van der Waals surface area contributed by atoms with Crippen LogP contribution in [0.25, 0.3) is 39.0 Å². The Morgan fingerprint density at radius 1 is 0.969 bits per heavy atom. The topological polar surface area (TPSA) is 84.1 Å². The lowest BCUT2D eigenvalue weighted by Crippen LogP contribution is -2.44. The first-order valence-corrected chi connectivity index (χ1v) is 11.0. The normalized spacial score (nSPS) is 16.4. The quantitative estimate of drug-likeness (QED) is 0.323. The minimum absolute atomic E-state index is 0.224. The van der Waals surface area contributed by atoms with E-state index in [2.05, 4.69) is 56.1 Å². The lowest BCUT2D eigenvalue weighted by atomic mass is 10.2. The lowest BCUT2D eigenvalue weighted by molar-refractivity contribution is 0.313. The number of aromatic nitrogens is 4. The Bertz CT molecular complexity index is 1340. The molecule has 0 bridgehead atoms. The van der Waals surface area contributed by atoms with Gasteiger partial charge < -0.3 is 24.9 Å². The number of likely N-dealkylation sites (N-methyl/N-ethyl adjacent to an activating group) is 1. The van der Waals surface area contributed by atoms with Gasteiger partial charge in [0.05, 0.1) is 22.1 Å². The Morgan fingerprint density at radius 3 is 2.47 bits per heavy atom. The number of benzene rings is 2. The second kappa shape index (κ2) is 8.16. The van der Waals surface area contributed by atoms with E-state index in [0.717, 1.165) is 71.0 Å². The maximum atomic E-state index is 9.77. The summed E-state index contributed by atoms with van der Waals surface area (Å²) in [5.74, 6) is 1.81. The van der Waals surface area contributed by atoms with Gasteiger partial charge in [-0.2, -0.15) is 0 Å². The van der Waals surface area contributed by atoms with Crippen LogP contribution in [-0.2, 0) is 0 Å². The number of hydrogen-bond acceptors (Lipinski definition) is 5. The zero-order chi connectivity index (χ0) is 22.2. The minimum Gasteiger partial charge on any atom is -0.508 e. The summed E-state index contributed by atoms with van der Waals surface area (Å²) in [4.78, 5) is 21.1. The highest BCUT2D eigenvalue weighted by atomic mass is 16.3. The molecule has 1 saturated heterocycles. The van der Waals surface area contributed by atoms with Crippen LogP contribution in [0.2, 0.25) is 0 Å². The molecule has 1 fully saturated rings. The summed E-state index contributed by atoms with van der Waals surface area (Å²) >= 11 is 0. The van der Waals surface area contributed by atoms with Crippen LogP contribution in [0.1, 0.15) is 19.7 Å². The molecule has 3 N–H and O–H groups in total. The number of aliphatic hydroxyl groups is 1. The number of imidazole rings is 2. The number of fused-ring (bicyclic) bond motifs is 2. The molecule has 0 aliphatic carbocycles. The van der Waals surface area contributed by atoms with Crippen molar-refractivity contribution in [3.63, 3.8) is 0 Å². The Morgan fingerprint density at radius 2 is 1.69 bits per heavy atom. The maximum Gasteiger partial charge on any atom is 0.138 e. The first-order valence-electron chi connectivity index (χ1n) is 11.0. The van der Waals surface area contributed by atoms with Crippen molar-refractivity contribution in [3.05, 3.63) is 60.1 Å². The average Bonchev–Trinajstić information content (AvgIpc) is 3.42. The van der Waals surface area contributed by atoms with E-state index in [0.29, 0.717) is 0 Å². The van der Waals surface area contributed by atoms with Gasteiger partial charge in [0.1, 0.15) is 17.4 Å². The largest absolute Gasteiger partial charge is 0.508 e. The number of rotatable bonds is 4. The van der Waals surface area contributed by atoms with Gasteiger partial charge in [0, 0.05) is 37.4 Å². The van der Waals surface area contributed by atoms with Gasteiger partial charge in [0.15, 0.2) is 0 Å². The van der Waals surface area contributed by atoms with E-state index in [9.17, 15) is 5.11 Å². The van der Waals surface area contributed by atoms with Crippen LogP contribution in [0.5, 0.6) is 0 Å². The molecule has 0 unspecified atom stereocenters. The van der Waals surface area contributed by atoms with Crippen LogP contribution in [0.15, 0.2) is 54.3 Å². The van der Waals surface area contributed by atoms with Gasteiger partial charge >= 0.3 is 0 Å². The summed E-state index contributed by atoms with van der Waals surface area (Å²) in [5.41, 5.74) is 6.93. The average molecular weight is 429 g/mol. The van der Waals surface area contributed by atoms with Crippen molar-refractivity contribution in [2.24, 2.45) is 0 Å². The zero-order valence-electron chi connectivity index (χ0n) is 18.7. The molecular formula is C25H28N6O. The molecule has 0 saturated carbocycles. The predicted molar refractivity (Wildman–Crippen MR) is 131 cm³/mol.